The number of carbonyl (C=O) groups excluding carboxylic acids is 1. The number of hydrogen-bond acceptors (Lipinski definition) is 3. The van der Waals surface area contributed by atoms with Crippen LogP contribution in [0.5, 0.6) is 0 Å². The van der Waals surface area contributed by atoms with E-state index < -0.39 is 5.60 Å². The Kier molecular flexibility index (Phi) is 3.20. The molecule has 0 atom stereocenters. The van der Waals surface area contributed by atoms with Crippen molar-refractivity contribution in [2.24, 2.45) is 0 Å². The number of anilines is 2. The first kappa shape index (κ1) is 12.7. The van der Waals surface area contributed by atoms with Gasteiger partial charge in [-0.3, -0.25) is 4.90 Å². The van der Waals surface area contributed by atoms with Crippen molar-refractivity contribution in [1.29, 1.82) is 0 Å². The molecule has 0 heterocycles. The van der Waals surface area contributed by atoms with E-state index in [0.29, 0.717) is 5.69 Å². The van der Waals surface area contributed by atoms with E-state index in [1.165, 1.54) is 0 Å². The molecule has 2 N–H and O–H groups in total. The molecule has 0 bridgehead atoms. The standard InChI is InChI=1S/C14H20N2O2/c1-14(2,3)18-13(17)16(10-8-9-10)12-7-5-4-6-11(12)15/h4-7,10H,8-9,15H2,1-3H3. The van der Waals surface area contributed by atoms with Crippen LogP contribution in [-0.2, 0) is 4.74 Å². The number of benzene rings is 1. The Balaban J connectivity index is 2.24. The molecule has 0 unspecified atom stereocenters. The maximum Gasteiger partial charge on any atom is 0.415 e. The van der Waals surface area contributed by atoms with E-state index in [-0.39, 0.29) is 12.1 Å². The lowest BCUT2D eigenvalue weighted by atomic mass is 10.2. The summed E-state index contributed by atoms with van der Waals surface area (Å²) in [5.74, 6) is 0. The maximum atomic E-state index is 12.2. The number of para-hydroxylation sites is 2. The van der Waals surface area contributed by atoms with Crippen LogP contribution in [-0.4, -0.2) is 17.7 Å². The van der Waals surface area contributed by atoms with Crippen molar-refractivity contribution in [3.8, 4) is 0 Å². The highest BCUT2D eigenvalue weighted by atomic mass is 16.6. The normalized spacial score (nSPS) is 15.3. The summed E-state index contributed by atoms with van der Waals surface area (Å²) in [4.78, 5) is 13.9. The minimum Gasteiger partial charge on any atom is -0.443 e. The lowest BCUT2D eigenvalue weighted by Gasteiger charge is -2.28. The topological polar surface area (TPSA) is 55.6 Å². The zero-order valence-electron chi connectivity index (χ0n) is 11.1. The van der Waals surface area contributed by atoms with Crippen molar-refractivity contribution >= 4 is 17.5 Å². The zero-order valence-corrected chi connectivity index (χ0v) is 11.1. The average Bonchev–Trinajstić information content (AvgIpc) is 3.03. The highest BCUT2D eigenvalue weighted by Gasteiger charge is 2.37. The molecule has 1 amide bonds. The van der Waals surface area contributed by atoms with Gasteiger partial charge in [0.2, 0.25) is 0 Å². The predicted octanol–water partition coefficient (Wildman–Crippen LogP) is 3.17. The molecule has 0 radical (unpaired) electrons. The Morgan fingerprint density at radius 2 is 1.94 bits per heavy atom. The van der Waals surface area contributed by atoms with Gasteiger partial charge in [0.25, 0.3) is 0 Å². The Morgan fingerprint density at radius 3 is 2.44 bits per heavy atom. The van der Waals surface area contributed by atoms with E-state index >= 15 is 0 Å². The minimum absolute atomic E-state index is 0.226. The van der Waals surface area contributed by atoms with Crippen LogP contribution in [0.3, 0.4) is 0 Å². The van der Waals surface area contributed by atoms with Crippen LogP contribution in [0.25, 0.3) is 0 Å². The number of rotatable bonds is 2. The maximum absolute atomic E-state index is 12.2. The van der Waals surface area contributed by atoms with Crippen LogP contribution in [0.4, 0.5) is 16.2 Å². The molecule has 0 spiro atoms. The van der Waals surface area contributed by atoms with Crippen LogP contribution in [0, 0.1) is 0 Å². The van der Waals surface area contributed by atoms with Crippen molar-refractivity contribution in [3.05, 3.63) is 24.3 Å². The number of amides is 1. The van der Waals surface area contributed by atoms with Gasteiger partial charge in [0, 0.05) is 6.04 Å². The summed E-state index contributed by atoms with van der Waals surface area (Å²) in [7, 11) is 0. The average molecular weight is 248 g/mol. The van der Waals surface area contributed by atoms with E-state index in [2.05, 4.69) is 0 Å². The largest absolute Gasteiger partial charge is 0.443 e. The molecule has 1 aromatic rings. The van der Waals surface area contributed by atoms with Gasteiger partial charge in [-0.25, -0.2) is 4.79 Å². The van der Waals surface area contributed by atoms with Crippen molar-refractivity contribution < 1.29 is 9.53 Å². The van der Waals surface area contributed by atoms with Crippen molar-refractivity contribution in [2.75, 3.05) is 10.6 Å². The molecule has 1 aliphatic rings. The first-order valence-electron chi connectivity index (χ1n) is 6.25. The highest BCUT2D eigenvalue weighted by Crippen LogP contribution is 2.35. The molecule has 1 aromatic carbocycles. The monoisotopic (exact) mass is 248 g/mol. The predicted molar refractivity (Wildman–Crippen MR) is 72.6 cm³/mol. The van der Waals surface area contributed by atoms with Gasteiger partial charge in [-0.2, -0.15) is 0 Å². The summed E-state index contributed by atoms with van der Waals surface area (Å²) in [5, 5.41) is 0. The lowest BCUT2D eigenvalue weighted by molar-refractivity contribution is 0.0578. The molecule has 2 rings (SSSR count). The van der Waals surface area contributed by atoms with Gasteiger partial charge in [-0.05, 0) is 45.7 Å². The van der Waals surface area contributed by atoms with Gasteiger partial charge in [0.05, 0.1) is 11.4 Å². The summed E-state index contributed by atoms with van der Waals surface area (Å²) >= 11 is 0. The molecule has 4 heteroatoms. The second-order valence-corrected chi connectivity index (χ2v) is 5.64. The van der Waals surface area contributed by atoms with E-state index in [9.17, 15) is 4.79 Å². The molecule has 4 nitrogen and oxygen atoms in total. The van der Waals surface area contributed by atoms with Crippen LogP contribution < -0.4 is 10.6 Å². The van der Waals surface area contributed by atoms with Crippen LogP contribution in [0.15, 0.2) is 24.3 Å². The van der Waals surface area contributed by atoms with Crippen molar-refractivity contribution in [2.45, 2.75) is 45.3 Å². The second-order valence-electron chi connectivity index (χ2n) is 5.64. The van der Waals surface area contributed by atoms with E-state index in [1.807, 2.05) is 39.0 Å². The van der Waals surface area contributed by atoms with Crippen LogP contribution in [0.1, 0.15) is 33.6 Å². The highest BCUT2D eigenvalue weighted by molar-refractivity contribution is 5.92. The number of hydrogen-bond donors (Lipinski definition) is 1. The number of ether oxygens (including phenoxy) is 1. The molecule has 1 aliphatic carbocycles. The Hall–Kier alpha value is -1.71. The van der Waals surface area contributed by atoms with Crippen molar-refractivity contribution in [1.82, 2.24) is 0 Å². The summed E-state index contributed by atoms with van der Waals surface area (Å²) in [6.07, 6.45) is 1.70. The van der Waals surface area contributed by atoms with E-state index in [0.717, 1.165) is 18.5 Å². The SMILES string of the molecule is CC(C)(C)OC(=O)N(c1ccccc1N)C1CC1. The molecule has 98 valence electrons. The fourth-order valence-electron chi connectivity index (χ4n) is 1.79. The summed E-state index contributed by atoms with van der Waals surface area (Å²) < 4.78 is 5.44. The number of carbonyl (C=O) groups is 1. The zero-order chi connectivity index (χ0) is 13.3. The summed E-state index contributed by atoms with van der Waals surface area (Å²) in [5.41, 5.74) is 6.80. The second kappa shape index (κ2) is 4.52. The smallest absolute Gasteiger partial charge is 0.415 e. The minimum atomic E-state index is -0.492. The van der Waals surface area contributed by atoms with Gasteiger partial charge in [-0.1, -0.05) is 12.1 Å². The third kappa shape index (κ3) is 2.94. The Bertz CT molecular complexity index is 447. The molecule has 0 aromatic heterocycles. The third-order valence-electron chi connectivity index (χ3n) is 2.70. The van der Waals surface area contributed by atoms with Gasteiger partial charge < -0.3 is 10.5 Å². The Labute approximate surface area is 108 Å². The first-order chi connectivity index (χ1) is 8.38. The van der Waals surface area contributed by atoms with Gasteiger partial charge in [-0.15, -0.1) is 0 Å². The Morgan fingerprint density at radius 1 is 1.33 bits per heavy atom. The fraction of sp³-hybridized carbons (Fsp3) is 0.500. The van der Waals surface area contributed by atoms with Crippen LogP contribution in [0.2, 0.25) is 0 Å². The molecule has 1 fully saturated rings. The number of nitrogens with two attached hydrogens (primary N) is 1. The first-order valence-corrected chi connectivity index (χ1v) is 6.25. The molecule has 0 saturated heterocycles. The quantitative estimate of drug-likeness (QED) is 0.818. The fourth-order valence-corrected chi connectivity index (χ4v) is 1.79. The molecular weight excluding hydrogens is 228 g/mol. The van der Waals surface area contributed by atoms with Crippen LogP contribution >= 0.6 is 0 Å². The van der Waals surface area contributed by atoms with Gasteiger partial charge in [0.1, 0.15) is 5.60 Å². The van der Waals surface area contributed by atoms with E-state index in [4.69, 9.17) is 10.5 Å². The molecule has 18 heavy (non-hydrogen) atoms. The summed E-state index contributed by atoms with van der Waals surface area (Å²) in [6, 6.07) is 7.63. The number of nitrogens with zero attached hydrogens (tertiary/aromatic N) is 1. The van der Waals surface area contributed by atoms with Gasteiger partial charge in [0.15, 0.2) is 0 Å². The van der Waals surface area contributed by atoms with Gasteiger partial charge >= 0.3 is 6.09 Å². The number of nitrogen functional groups attached to an aromatic ring is 1. The molecule has 1 saturated carbocycles. The third-order valence-corrected chi connectivity index (χ3v) is 2.70. The summed E-state index contributed by atoms with van der Waals surface area (Å²) in [6.45, 7) is 5.60. The van der Waals surface area contributed by atoms with E-state index in [1.54, 1.807) is 11.0 Å². The molecule has 0 aliphatic heterocycles. The molecular formula is C14H20N2O2. The lowest BCUT2D eigenvalue weighted by Crippen LogP contribution is -2.38. The van der Waals surface area contributed by atoms with Crippen molar-refractivity contribution in [3.63, 3.8) is 0 Å².